The number of hydrogen-bond acceptors (Lipinski definition) is 0. The van der Waals surface area contributed by atoms with E-state index < -0.39 is 23.0 Å². The fourth-order valence-corrected chi connectivity index (χ4v) is 1.84. The average molecular weight is 280 g/mol. The van der Waals surface area contributed by atoms with Crippen LogP contribution >= 0.6 is 0 Å². The molecule has 0 aliphatic rings. The number of benzene rings is 2. The van der Waals surface area contributed by atoms with Crippen molar-refractivity contribution in [2.45, 2.75) is 11.8 Å². The highest BCUT2D eigenvalue weighted by molar-refractivity contribution is 5.48. The Morgan fingerprint density at radius 2 is 1.15 bits per heavy atom. The highest BCUT2D eigenvalue weighted by atomic mass is 19.3. The van der Waals surface area contributed by atoms with Crippen molar-refractivity contribution in [3.63, 3.8) is 0 Å². The van der Waals surface area contributed by atoms with Gasteiger partial charge in [-0.1, -0.05) is 67.3 Å². The predicted molar refractivity (Wildman–Crippen MR) is 70.8 cm³/mol. The second kappa shape index (κ2) is 5.12. The van der Waals surface area contributed by atoms with E-state index in [2.05, 4.69) is 6.58 Å². The molecule has 0 saturated heterocycles. The Balaban J connectivity index is 2.44. The van der Waals surface area contributed by atoms with Gasteiger partial charge in [-0.2, -0.15) is 17.6 Å². The summed E-state index contributed by atoms with van der Waals surface area (Å²) in [4.78, 5) is 0. The third kappa shape index (κ3) is 2.33. The zero-order valence-corrected chi connectivity index (χ0v) is 10.5. The van der Waals surface area contributed by atoms with Gasteiger partial charge in [-0.3, -0.25) is 0 Å². The summed E-state index contributed by atoms with van der Waals surface area (Å²) in [6.07, 6.45) is 1.46. The van der Waals surface area contributed by atoms with Crippen molar-refractivity contribution in [3.8, 4) is 0 Å². The molecule has 0 unspecified atom stereocenters. The molecule has 0 nitrogen and oxygen atoms in total. The van der Waals surface area contributed by atoms with Gasteiger partial charge in [0.25, 0.3) is 0 Å². The van der Waals surface area contributed by atoms with Gasteiger partial charge in [0.15, 0.2) is 0 Å². The Kier molecular flexibility index (Phi) is 3.66. The molecule has 0 aromatic heterocycles. The first-order chi connectivity index (χ1) is 9.39. The third-order valence-corrected chi connectivity index (χ3v) is 3.04. The molecule has 0 heterocycles. The summed E-state index contributed by atoms with van der Waals surface area (Å²) in [6.45, 7) is 3.48. The maximum atomic E-state index is 14.1. The van der Waals surface area contributed by atoms with Crippen LogP contribution in [0.4, 0.5) is 17.6 Å². The van der Waals surface area contributed by atoms with E-state index in [0.717, 1.165) is 24.3 Å². The van der Waals surface area contributed by atoms with Crippen molar-refractivity contribution >= 4 is 6.08 Å². The van der Waals surface area contributed by atoms with Gasteiger partial charge in [-0.05, 0) is 5.56 Å². The van der Waals surface area contributed by atoms with E-state index in [9.17, 15) is 17.6 Å². The summed E-state index contributed by atoms with van der Waals surface area (Å²) in [7, 11) is 0. The van der Waals surface area contributed by atoms with Gasteiger partial charge in [0.05, 0.1) is 0 Å². The van der Waals surface area contributed by atoms with Crippen molar-refractivity contribution in [1.82, 2.24) is 0 Å². The van der Waals surface area contributed by atoms with Crippen LogP contribution in [0.5, 0.6) is 0 Å². The highest BCUT2D eigenvalue weighted by Gasteiger charge is 2.58. The normalized spacial score (nSPS) is 12.2. The summed E-state index contributed by atoms with van der Waals surface area (Å²) in [5, 5.41) is 0. The second-order valence-electron chi connectivity index (χ2n) is 4.34. The summed E-state index contributed by atoms with van der Waals surface area (Å²) in [6, 6.07) is 10.7. The molecular formula is C16H12F4. The number of halogens is 4. The molecule has 20 heavy (non-hydrogen) atoms. The second-order valence-corrected chi connectivity index (χ2v) is 4.34. The molecule has 4 heteroatoms. The summed E-state index contributed by atoms with van der Waals surface area (Å²) < 4.78 is 56.2. The van der Waals surface area contributed by atoms with E-state index in [4.69, 9.17) is 0 Å². The van der Waals surface area contributed by atoms with Crippen LogP contribution in [0.2, 0.25) is 0 Å². The molecule has 0 fully saturated rings. The Labute approximate surface area is 114 Å². The predicted octanol–water partition coefficient (Wildman–Crippen LogP) is 5.21. The van der Waals surface area contributed by atoms with Crippen LogP contribution in [0.3, 0.4) is 0 Å². The third-order valence-electron chi connectivity index (χ3n) is 3.04. The highest BCUT2D eigenvalue weighted by Crippen LogP contribution is 2.49. The fourth-order valence-electron chi connectivity index (χ4n) is 1.84. The standard InChI is InChI=1S/C16H12F4/c1-2-12-8-10-14(11-9-12)16(19,20)15(17,18)13-6-4-3-5-7-13/h2-11H,1H2. The monoisotopic (exact) mass is 280 g/mol. The molecule has 0 radical (unpaired) electrons. The molecule has 2 aromatic carbocycles. The molecule has 104 valence electrons. The lowest BCUT2D eigenvalue weighted by Crippen LogP contribution is -2.35. The SMILES string of the molecule is C=Cc1ccc(C(F)(F)C(F)(F)c2ccccc2)cc1. The van der Waals surface area contributed by atoms with Crippen molar-refractivity contribution in [1.29, 1.82) is 0 Å². The maximum Gasteiger partial charge on any atom is 0.339 e. The average Bonchev–Trinajstić information content (AvgIpc) is 2.48. The van der Waals surface area contributed by atoms with E-state index in [0.29, 0.717) is 5.56 Å². The molecule has 0 atom stereocenters. The van der Waals surface area contributed by atoms with Crippen LogP contribution < -0.4 is 0 Å². The molecule has 0 N–H and O–H groups in total. The van der Waals surface area contributed by atoms with Crippen LogP contribution in [0.1, 0.15) is 16.7 Å². The Hall–Kier alpha value is -2.10. The summed E-state index contributed by atoms with van der Waals surface area (Å²) in [5.74, 6) is -8.56. The number of hydrogen-bond donors (Lipinski definition) is 0. The van der Waals surface area contributed by atoms with Gasteiger partial charge in [0, 0.05) is 11.1 Å². The first-order valence-electron chi connectivity index (χ1n) is 5.93. The zero-order chi connectivity index (χ0) is 14.8. The zero-order valence-electron chi connectivity index (χ0n) is 10.5. The van der Waals surface area contributed by atoms with Crippen molar-refractivity contribution in [2.75, 3.05) is 0 Å². The first kappa shape index (κ1) is 14.3. The van der Waals surface area contributed by atoms with E-state index in [-0.39, 0.29) is 0 Å². The smallest absolute Gasteiger partial charge is 0.194 e. The van der Waals surface area contributed by atoms with Crippen LogP contribution in [-0.4, -0.2) is 0 Å². The molecular weight excluding hydrogens is 268 g/mol. The fraction of sp³-hybridized carbons (Fsp3) is 0.125. The maximum absolute atomic E-state index is 14.1. The van der Waals surface area contributed by atoms with Gasteiger partial charge in [-0.25, -0.2) is 0 Å². The molecule has 0 aliphatic carbocycles. The van der Waals surface area contributed by atoms with E-state index in [1.54, 1.807) is 0 Å². The molecule has 2 rings (SSSR count). The first-order valence-corrected chi connectivity index (χ1v) is 5.93. The van der Waals surface area contributed by atoms with Gasteiger partial charge in [0.2, 0.25) is 0 Å². The number of rotatable bonds is 4. The quantitative estimate of drug-likeness (QED) is 0.674. The van der Waals surface area contributed by atoms with E-state index in [1.807, 2.05) is 0 Å². The van der Waals surface area contributed by atoms with Gasteiger partial charge < -0.3 is 0 Å². The minimum absolute atomic E-state index is 0.590. The Morgan fingerprint density at radius 1 is 0.700 bits per heavy atom. The van der Waals surface area contributed by atoms with Gasteiger partial charge in [-0.15, -0.1) is 0 Å². The molecule has 0 aliphatic heterocycles. The summed E-state index contributed by atoms with van der Waals surface area (Å²) >= 11 is 0. The lowest BCUT2D eigenvalue weighted by atomic mass is 9.95. The topological polar surface area (TPSA) is 0 Å². The van der Waals surface area contributed by atoms with Crippen molar-refractivity contribution in [2.24, 2.45) is 0 Å². The lowest BCUT2D eigenvalue weighted by Gasteiger charge is -2.27. The van der Waals surface area contributed by atoms with E-state index in [1.165, 1.54) is 36.4 Å². The Morgan fingerprint density at radius 3 is 1.60 bits per heavy atom. The lowest BCUT2D eigenvalue weighted by molar-refractivity contribution is -0.223. The largest absolute Gasteiger partial charge is 0.339 e. The van der Waals surface area contributed by atoms with Gasteiger partial charge >= 0.3 is 11.8 Å². The molecule has 0 saturated carbocycles. The summed E-state index contributed by atoms with van der Waals surface area (Å²) in [5.41, 5.74) is -0.845. The minimum Gasteiger partial charge on any atom is -0.194 e. The van der Waals surface area contributed by atoms with Crippen molar-refractivity contribution < 1.29 is 17.6 Å². The van der Waals surface area contributed by atoms with Crippen LogP contribution in [0.15, 0.2) is 61.2 Å². The Bertz CT molecular complexity index is 586. The molecule has 0 bridgehead atoms. The van der Waals surface area contributed by atoms with Gasteiger partial charge in [0.1, 0.15) is 0 Å². The van der Waals surface area contributed by atoms with Crippen molar-refractivity contribution in [3.05, 3.63) is 77.9 Å². The van der Waals surface area contributed by atoms with Crippen LogP contribution in [0, 0.1) is 0 Å². The molecule has 2 aromatic rings. The number of alkyl halides is 4. The molecule has 0 amide bonds. The van der Waals surface area contributed by atoms with Crippen LogP contribution in [0.25, 0.3) is 6.08 Å². The van der Waals surface area contributed by atoms with Crippen LogP contribution in [-0.2, 0) is 11.8 Å². The minimum atomic E-state index is -4.28. The molecule has 0 spiro atoms. The van der Waals surface area contributed by atoms with E-state index >= 15 is 0 Å².